The minimum Gasteiger partial charge on any atom is -0.463 e. The molecule has 0 saturated heterocycles. The van der Waals surface area contributed by atoms with Crippen molar-refractivity contribution in [1.82, 2.24) is 10.6 Å². The Morgan fingerprint density at radius 2 is 1.72 bits per heavy atom. The maximum Gasteiger partial charge on any atom is 0.305 e. The van der Waals surface area contributed by atoms with Gasteiger partial charge in [-0.3, -0.25) is 19.2 Å². The molecule has 0 aromatic heterocycles. The number of fused-ring (bicyclic) bond motifs is 1. The van der Waals surface area contributed by atoms with Gasteiger partial charge in [0, 0.05) is 18.5 Å². The van der Waals surface area contributed by atoms with Crippen LogP contribution < -0.4 is 16.0 Å². The number of carbonyl (C=O) groups excluding carboxylic acids is 4. The molecule has 9 nitrogen and oxygen atoms in total. The van der Waals surface area contributed by atoms with Crippen molar-refractivity contribution in [2.75, 3.05) is 18.5 Å². The Morgan fingerprint density at radius 3 is 2.51 bits per heavy atom. The predicted molar refractivity (Wildman–Crippen MR) is 165 cm³/mol. The quantitative estimate of drug-likeness (QED) is 0.233. The predicted octanol–water partition coefficient (Wildman–Crippen LogP) is 4.05. The highest BCUT2D eigenvalue weighted by Crippen LogP contribution is 2.19. The van der Waals surface area contributed by atoms with Crippen LogP contribution in [0.2, 0.25) is 0 Å². The minimum atomic E-state index is -1.16. The number of esters is 1. The average Bonchev–Trinajstić information content (AvgIpc) is 3.01. The number of allylic oxidation sites excluding steroid dienone is 2. The average molecular weight is 586 g/mol. The molecule has 0 bridgehead atoms. The summed E-state index contributed by atoms with van der Waals surface area (Å²) in [5, 5.41) is 20.2. The van der Waals surface area contributed by atoms with Crippen LogP contribution in [-0.4, -0.2) is 54.1 Å². The van der Waals surface area contributed by atoms with E-state index in [1.54, 1.807) is 6.07 Å². The molecule has 1 aliphatic heterocycles. The molecule has 0 spiro atoms. The largest absolute Gasteiger partial charge is 0.463 e. The van der Waals surface area contributed by atoms with E-state index in [9.17, 15) is 24.3 Å². The lowest BCUT2D eigenvalue weighted by Gasteiger charge is -2.23. The second kappa shape index (κ2) is 16.2. The van der Waals surface area contributed by atoms with Gasteiger partial charge >= 0.3 is 5.97 Å². The number of hydrogen-bond acceptors (Lipinski definition) is 6. The monoisotopic (exact) mass is 585 g/mol. The summed E-state index contributed by atoms with van der Waals surface area (Å²) in [5.41, 5.74) is 1.51. The van der Waals surface area contributed by atoms with Crippen molar-refractivity contribution >= 4 is 40.2 Å². The zero-order chi connectivity index (χ0) is 30.4. The standard InChI is InChI=1S/C34H39N3O6/c38-22-29(19-24-11-5-4-6-12-24)35-31(39)21-27-15-7-2-1-3-8-16-32(40)43-23-30(37-33(27)41)34(42)36-28-18-17-25-13-9-10-14-26(25)20-28/h2,4-7,9-14,17-18,20,27,29-30,38H,1,3,8,15-16,19,21-23H2,(H,35,39)(H,36,42)(H,37,41)/t27-,29-,30+/m1/s1. The fourth-order valence-electron chi connectivity index (χ4n) is 4.98. The molecule has 0 unspecified atom stereocenters. The first-order chi connectivity index (χ1) is 20.9. The van der Waals surface area contributed by atoms with Crippen molar-refractivity contribution < 1.29 is 29.0 Å². The number of rotatable bonds is 8. The Balaban J connectivity index is 1.46. The molecule has 1 aliphatic rings. The van der Waals surface area contributed by atoms with E-state index in [1.807, 2.05) is 78.9 Å². The SMILES string of the molecule is O=C(C[C@H]1CC=CCCCCC(=O)OC[C@@H](C(=O)Nc2ccc3ccccc3c2)NC1=O)N[C@@H](CO)Cc1ccccc1. The van der Waals surface area contributed by atoms with Gasteiger partial charge in [-0.2, -0.15) is 0 Å². The van der Waals surface area contributed by atoms with Crippen LogP contribution in [-0.2, 0) is 30.3 Å². The van der Waals surface area contributed by atoms with Crippen LogP contribution in [0, 0.1) is 5.92 Å². The van der Waals surface area contributed by atoms with Crippen LogP contribution in [0.15, 0.2) is 84.9 Å². The molecular formula is C34H39N3O6. The summed E-state index contributed by atoms with van der Waals surface area (Å²) in [6.45, 7) is -0.581. The molecule has 0 saturated carbocycles. The van der Waals surface area contributed by atoms with Crippen molar-refractivity contribution in [3.8, 4) is 0 Å². The molecule has 0 aliphatic carbocycles. The van der Waals surface area contributed by atoms with Gasteiger partial charge in [0.05, 0.1) is 18.6 Å². The Hall–Kier alpha value is -4.50. The van der Waals surface area contributed by atoms with Gasteiger partial charge in [0.1, 0.15) is 12.6 Å². The fraction of sp³-hybridized carbons (Fsp3) is 0.353. The van der Waals surface area contributed by atoms with Gasteiger partial charge < -0.3 is 25.8 Å². The summed E-state index contributed by atoms with van der Waals surface area (Å²) in [6.07, 6.45) is 6.76. The third-order valence-corrected chi connectivity index (χ3v) is 7.36. The van der Waals surface area contributed by atoms with Gasteiger partial charge in [-0.1, -0.05) is 72.8 Å². The van der Waals surface area contributed by atoms with Gasteiger partial charge in [0.25, 0.3) is 5.91 Å². The first-order valence-corrected chi connectivity index (χ1v) is 14.8. The van der Waals surface area contributed by atoms with E-state index in [4.69, 9.17) is 4.74 Å². The maximum atomic E-state index is 13.5. The number of cyclic esters (lactones) is 1. The Labute approximate surface area is 251 Å². The molecule has 4 rings (SSSR count). The Kier molecular flexibility index (Phi) is 11.9. The number of ether oxygens (including phenoxy) is 1. The van der Waals surface area contributed by atoms with Crippen molar-refractivity contribution in [2.45, 2.75) is 57.0 Å². The van der Waals surface area contributed by atoms with Crippen molar-refractivity contribution in [2.24, 2.45) is 5.92 Å². The van der Waals surface area contributed by atoms with E-state index < -0.39 is 35.8 Å². The molecular weight excluding hydrogens is 546 g/mol. The van der Waals surface area contributed by atoms with Crippen LogP contribution in [0.3, 0.4) is 0 Å². The zero-order valence-corrected chi connectivity index (χ0v) is 24.2. The number of benzene rings is 3. The second-order valence-electron chi connectivity index (χ2n) is 10.8. The van der Waals surface area contributed by atoms with E-state index in [2.05, 4.69) is 16.0 Å². The fourth-order valence-corrected chi connectivity index (χ4v) is 4.98. The van der Waals surface area contributed by atoms with Crippen LogP contribution in [0.1, 0.15) is 44.1 Å². The van der Waals surface area contributed by atoms with Crippen molar-refractivity contribution in [1.29, 1.82) is 0 Å². The van der Waals surface area contributed by atoms with Gasteiger partial charge in [-0.15, -0.1) is 0 Å². The minimum absolute atomic E-state index is 0.139. The van der Waals surface area contributed by atoms with Crippen LogP contribution >= 0.6 is 0 Å². The van der Waals surface area contributed by atoms with E-state index >= 15 is 0 Å². The Morgan fingerprint density at radius 1 is 0.953 bits per heavy atom. The number of amides is 3. The van der Waals surface area contributed by atoms with E-state index in [-0.39, 0.29) is 32.0 Å². The highest BCUT2D eigenvalue weighted by Gasteiger charge is 2.29. The highest BCUT2D eigenvalue weighted by atomic mass is 16.5. The molecule has 1 heterocycles. The van der Waals surface area contributed by atoms with Crippen LogP contribution in [0.4, 0.5) is 5.69 Å². The van der Waals surface area contributed by atoms with Gasteiger partial charge in [-0.25, -0.2) is 0 Å². The third kappa shape index (κ3) is 10.1. The summed E-state index contributed by atoms with van der Waals surface area (Å²) >= 11 is 0. The number of anilines is 1. The van der Waals surface area contributed by atoms with E-state index in [0.717, 1.165) is 29.2 Å². The summed E-state index contributed by atoms with van der Waals surface area (Å²) in [6, 6.07) is 21.0. The molecule has 0 fully saturated rings. The van der Waals surface area contributed by atoms with E-state index in [0.29, 0.717) is 24.9 Å². The molecule has 4 N–H and O–H groups in total. The third-order valence-electron chi connectivity index (χ3n) is 7.36. The Bertz CT molecular complexity index is 1420. The number of nitrogens with one attached hydrogen (secondary N) is 3. The molecule has 43 heavy (non-hydrogen) atoms. The van der Waals surface area contributed by atoms with Crippen LogP contribution in [0.25, 0.3) is 10.8 Å². The molecule has 3 aromatic carbocycles. The topological polar surface area (TPSA) is 134 Å². The zero-order valence-electron chi connectivity index (χ0n) is 24.2. The molecule has 0 radical (unpaired) electrons. The maximum absolute atomic E-state index is 13.5. The molecule has 226 valence electrons. The molecule has 3 amide bonds. The first-order valence-electron chi connectivity index (χ1n) is 14.8. The van der Waals surface area contributed by atoms with Crippen molar-refractivity contribution in [3.05, 3.63) is 90.5 Å². The number of carbonyl (C=O) groups is 4. The van der Waals surface area contributed by atoms with Crippen molar-refractivity contribution in [3.63, 3.8) is 0 Å². The van der Waals surface area contributed by atoms with E-state index in [1.165, 1.54) is 0 Å². The lowest BCUT2D eigenvalue weighted by atomic mass is 9.97. The second-order valence-corrected chi connectivity index (χ2v) is 10.8. The van der Waals surface area contributed by atoms with Gasteiger partial charge in [0.2, 0.25) is 11.8 Å². The lowest BCUT2D eigenvalue weighted by Crippen LogP contribution is -2.50. The van der Waals surface area contributed by atoms with Gasteiger partial charge in [-0.05, 0) is 60.6 Å². The normalized spacial score (nSPS) is 19.0. The summed E-state index contributed by atoms with van der Waals surface area (Å²) < 4.78 is 5.38. The smallest absolute Gasteiger partial charge is 0.305 e. The van der Waals surface area contributed by atoms with Gasteiger partial charge in [0.15, 0.2) is 0 Å². The molecule has 3 atom stereocenters. The summed E-state index contributed by atoms with van der Waals surface area (Å²) in [7, 11) is 0. The number of aliphatic hydroxyl groups is 1. The summed E-state index contributed by atoms with van der Waals surface area (Å²) in [4.78, 5) is 52.2. The molecule has 3 aromatic rings. The lowest BCUT2D eigenvalue weighted by molar-refractivity contribution is -0.146. The number of hydrogen-bond donors (Lipinski definition) is 4. The summed E-state index contributed by atoms with van der Waals surface area (Å²) in [5.74, 6) is -2.64. The first kappa shape index (κ1) is 31.4. The molecule has 9 heteroatoms. The highest BCUT2D eigenvalue weighted by molar-refractivity contribution is 5.99. The number of aliphatic hydroxyl groups excluding tert-OH is 1. The van der Waals surface area contributed by atoms with Crippen LogP contribution in [0.5, 0.6) is 0 Å².